The van der Waals surface area contributed by atoms with Gasteiger partial charge in [0.25, 0.3) is 5.91 Å². The van der Waals surface area contributed by atoms with Crippen molar-refractivity contribution in [2.24, 2.45) is 5.92 Å². The summed E-state index contributed by atoms with van der Waals surface area (Å²) in [5.41, 5.74) is 8.05. The second-order valence-electron chi connectivity index (χ2n) is 4.86. The highest BCUT2D eigenvalue weighted by atomic mass is 16.5. The van der Waals surface area contributed by atoms with Crippen LogP contribution in [0, 0.1) is 12.8 Å². The Balaban J connectivity index is 1.88. The zero-order valence-corrected chi connectivity index (χ0v) is 10.7. The summed E-state index contributed by atoms with van der Waals surface area (Å²) in [5.74, 6) is 0.404. The summed E-state index contributed by atoms with van der Waals surface area (Å²) in [6.07, 6.45) is 2.21. The second-order valence-corrected chi connectivity index (χ2v) is 4.86. The van der Waals surface area contributed by atoms with Crippen LogP contribution in [0.25, 0.3) is 0 Å². The molecule has 1 heterocycles. The van der Waals surface area contributed by atoms with E-state index in [4.69, 9.17) is 10.5 Å². The number of benzene rings is 1. The molecule has 0 aromatic heterocycles. The average Bonchev–Trinajstić information content (AvgIpc) is 2.40. The molecule has 98 valence electrons. The predicted octanol–water partition coefficient (Wildman–Crippen LogP) is 1.73. The number of carbonyl (C=O) groups excluding carboxylic acids is 1. The maximum Gasteiger partial charge on any atom is 0.251 e. The summed E-state index contributed by atoms with van der Waals surface area (Å²) < 4.78 is 5.39. The molecule has 4 heteroatoms. The first-order valence-corrected chi connectivity index (χ1v) is 6.39. The third kappa shape index (κ3) is 3.23. The standard InChI is InChI=1S/C14H20N2O2/c1-10-7-12(4-5-13(10)15)14(17)16-8-11-3-2-6-18-9-11/h4-5,7,11H,2-3,6,8-9,15H2,1H3,(H,16,17). The van der Waals surface area contributed by atoms with Gasteiger partial charge in [0, 0.05) is 24.4 Å². The van der Waals surface area contributed by atoms with E-state index in [1.165, 1.54) is 0 Å². The fourth-order valence-corrected chi connectivity index (χ4v) is 2.12. The van der Waals surface area contributed by atoms with E-state index in [1.807, 2.05) is 13.0 Å². The van der Waals surface area contributed by atoms with Gasteiger partial charge in [0.05, 0.1) is 6.61 Å². The van der Waals surface area contributed by atoms with Gasteiger partial charge in [-0.3, -0.25) is 4.79 Å². The third-order valence-corrected chi connectivity index (χ3v) is 3.34. The number of rotatable bonds is 3. The molecule has 1 amide bonds. The quantitative estimate of drug-likeness (QED) is 0.801. The highest BCUT2D eigenvalue weighted by Crippen LogP contribution is 2.14. The molecular formula is C14H20N2O2. The van der Waals surface area contributed by atoms with Crippen LogP contribution < -0.4 is 11.1 Å². The lowest BCUT2D eigenvalue weighted by Crippen LogP contribution is -2.33. The van der Waals surface area contributed by atoms with Gasteiger partial charge in [-0.15, -0.1) is 0 Å². The zero-order valence-electron chi connectivity index (χ0n) is 10.7. The summed E-state index contributed by atoms with van der Waals surface area (Å²) in [4.78, 5) is 12.0. The van der Waals surface area contributed by atoms with E-state index in [1.54, 1.807) is 12.1 Å². The van der Waals surface area contributed by atoms with E-state index in [9.17, 15) is 4.79 Å². The molecular weight excluding hydrogens is 228 g/mol. The van der Waals surface area contributed by atoms with Crippen molar-refractivity contribution in [3.63, 3.8) is 0 Å². The van der Waals surface area contributed by atoms with E-state index >= 15 is 0 Å². The summed E-state index contributed by atoms with van der Waals surface area (Å²) >= 11 is 0. The minimum absolute atomic E-state index is 0.0383. The smallest absolute Gasteiger partial charge is 0.251 e. The first-order valence-electron chi connectivity index (χ1n) is 6.39. The number of aryl methyl sites for hydroxylation is 1. The Labute approximate surface area is 108 Å². The molecule has 1 aromatic rings. The lowest BCUT2D eigenvalue weighted by molar-refractivity contribution is 0.0536. The Kier molecular flexibility index (Phi) is 4.20. The fourth-order valence-electron chi connectivity index (χ4n) is 2.12. The number of anilines is 1. The Morgan fingerprint density at radius 2 is 2.39 bits per heavy atom. The topological polar surface area (TPSA) is 64.3 Å². The van der Waals surface area contributed by atoms with Crippen LogP contribution in [0.2, 0.25) is 0 Å². The van der Waals surface area contributed by atoms with Crippen LogP contribution in [0.3, 0.4) is 0 Å². The number of amides is 1. The van der Waals surface area contributed by atoms with Crippen molar-refractivity contribution in [3.05, 3.63) is 29.3 Å². The van der Waals surface area contributed by atoms with Gasteiger partial charge in [0.1, 0.15) is 0 Å². The molecule has 1 unspecified atom stereocenters. The molecule has 3 N–H and O–H groups in total. The number of hydrogen-bond acceptors (Lipinski definition) is 3. The first-order chi connectivity index (χ1) is 8.66. The van der Waals surface area contributed by atoms with Gasteiger partial charge in [-0.2, -0.15) is 0 Å². The summed E-state index contributed by atoms with van der Waals surface area (Å²) in [6.45, 7) is 4.19. The Morgan fingerprint density at radius 3 is 3.06 bits per heavy atom. The fraction of sp³-hybridized carbons (Fsp3) is 0.500. The summed E-state index contributed by atoms with van der Waals surface area (Å²) in [5, 5.41) is 2.96. The Hall–Kier alpha value is -1.55. The van der Waals surface area contributed by atoms with Crippen molar-refractivity contribution >= 4 is 11.6 Å². The van der Waals surface area contributed by atoms with E-state index in [2.05, 4.69) is 5.32 Å². The maximum atomic E-state index is 12.0. The zero-order chi connectivity index (χ0) is 13.0. The summed E-state index contributed by atoms with van der Waals surface area (Å²) in [7, 11) is 0. The summed E-state index contributed by atoms with van der Waals surface area (Å²) in [6, 6.07) is 5.35. The van der Waals surface area contributed by atoms with Crippen LogP contribution in [0.15, 0.2) is 18.2 Å². The van der Waals surface area contributed by atoms with Crippen molar-refractivity contribution in [1.29, 1.82) is 0 Å². The van der Waals surface area contributed by atoms with Crippen LogP contribution >= 0.6 is 0 Å². The molecule has 0 bridgehead atoms. The lowest BCUT2D eigenvalue weighted by Gasteiger charge is -2.22. The van der Waals surface area contributed by atoms with Crippen LogP contribution in [-0.4, -0.2) is 25.7 Å². The molecule has 1 fully saturated rings. The minimum Gasteiger partial charge on any atom is -0.399 e. The van der Waals surface area contributed by atoms with Gasteiger partial charge >= 0.3 is 0 Å². The minimum atomic E-state index is -0.0383. The van der Waals surface area contributed by atoms with Gasteiger partial charge in [0.2, 0.25) is 0 Å². The van der Waals surface area contributed by atoms with Crippen LogP contribution in [0.1, 0.15) is 28.8 Å². The van der Waals surface area contributed by atoms with Gasteiger partial charge in [-0.25, -0.2) is 0 Å². The molecule has 4 nitrogen and oxygen atoms in total. The number of hydrogen-bond donors (Lipinski definition) is 2. The van der Waals surface area contributed by atoms with E-state index < -0.39 is 0 Å². The lowest BCUT2D eigenvalue weighted by atomic mass is 10.0. The van der Waals surface area contributed by atoms with Gasteiger partial charge in [-0.05, 0) is 49.4 Å². The van der Waals surface area contributed by atoms with Gasteiger partial charge in [0.15, 0.2) is 0 Å². The van der Waals surface area contributed by atoms with Crippen molar-refractivity contribution in [2.45, 2.75) is 19.8 Å². The molecule has 18 heavy (non-hydrogen) atoms. The third-order valence-electron chi connectivity index (χ3n) is 3.34. The molecule has 1 aliphatic rings. The average molecular weight is 248 g/mol. The molecule has 1 aliphatic heterocycles. The monoisotopic (exact) mass is 248 g/mol. The Bertz CT molecular complexity index is 426. The molecule has 1 saturated heterocycles. The number of carbonyl (C=O) groups is 1. The van der Waals surface area contributed by atoms with Crippen molar-refractivity contribution in [2.75, 3.05) is 25.5 Å². The molecule has 1 atom stereocenters. The molecule has 0 radical (unpaired) electrons. The van der Waals surface area contributed by atoms with Crippen LogP contribution in [0.4, 0.5) is 5.69 Å². The molecule has 0 aliphatic carbocycles. The number of nitrogens with two attached hydrogens (primary N) is 1. The van der Waals surface area contributed by atoms with Crippen LogP contribution in [0.5, 0.6) is 0 Å². The van der Waals surface area contributed by atoms with E-state index in [0.717, 1.165) is 31.6 Å². The largest absolute Gasteiger partial charge is 0.399 e. The molecule has 0 spiro atoms. The SMILES string of the molecule is Cc1cc(C(=O)NCC2CCCOC2)ccc1N. The number of nitrogens with one attached hydrogen (secondary N) is 1. The van der Waals surface area contributed by atoms with Gasteiger partial charge < -0.3 is 15.8 Å². The van der Waals surface area contributed by atoms with E-state index in [-0.39, 0.29) is 5.91 Å². The first kappa shape index (κ1) is 12.9. The van der Waals surface area contributed by atoms with Crippen molar-refractivity contribution < 1.29 is 9.53 Å². The Morgan fingerprint density at radius 1 is 1.56 bits per heavy atom. The van der Waals surface area contributed by atoms with Gasteiger partial charge in [-0.1, -0.05) is 0 Å². The second kappa shape index (κ2) is 5.87. The predicted molar refractivity (Wildman–Crippen MR) is 71.5 cm³/mol. The number of nitrogen functional groups attached to an aromatic ring is 1. The molecule has 1 aromatic carbocycles. The highest BCUT2D eigenvalue weighted by Gasteiger charge is 2.15. The van der Waals surface area contributed by atoms with E-state index in [0.29, 0.717) is 23.7 Å². The van der Waals surface area contributed by atoms with Crippen LogP contribution in [-0.2, 0) is 4.74 Å². The van der Waals surface area contributed by atoms with Crippen molar-refractivity contribution in [3.8, 4) is 0 Å². The normalized spacial score (nSPS) is 19.5. The maximum absolute atomic E-state index is 12.0. The van der Waals surface area contributed by atoms with Crippen molar-refractivity contribution in [1.82, 2.24) is 5.32 Å². The molecule has 0 saturated carbocycles. The highest BCUT2D eigenvalue weighted by molar-refractivity contribution is 5.94. The number of ether oxygens (including phenoxy) is 1. The molecule has 2 rings (SSSR count).